The molecule has 0 aliphatic carbocycles. The Balaban J connectivity index is 2.00. The van der Waals surface area contributed by atoms with E-state index in [0.29, 0.717) is 9.70 Å². The number of aromatic nitrogens is 2. The minimum atomic E-state index is -4.75. The topological polar surface area (TPSA) is 90.1 Å². The van der Waals surface area contributed by atoms with Gasteiger partial charge in [-0.25, -0.2) is 4.68 Å². The lowest BCUT2D eigenvalue weighted by atomic mass is 10.2. The summed E-state index contributed by atoms with van der Waals surface area (Å²) in [5.41, 5.74) is -1.82. The van der Waals surface area contributed by atoms with Crippen molar-refractivity contribution in [2.24, 2.45) is 0 Å². The summed E-state index contributed by atoms with van der Waals surface area (Å²) >= 11 is 5.76. The lowest BCUT2D eigenvalue weighted by molar-refractivity contribution is -0.384. The van der Waals surface area contributed by atoms with Gasteiger partial charge in [-0.1, -0.05) is 11.6 Å². The predicted molar refractivity (Wildman–Crippen MR) is 99.4 cm³/mol. The predicted octanol–water partition coefficient (Wildman–Crippen LogP) is 5.01. The average molecular weight is 425 g/mol. The highest BCUT2D eigenvalue weighted by molar-refractivity contribution is 6.30. The molecule has 0 atom stereocenters. The number of alkyl halides is 3. The molecule has 0 spiro atoms. The molecule has 0 fully saturated rings. The second-order valence-electron chi connectivity index (χ2n) is 6.00. The van der Waals surface area contributed by atoms with E-state index in [1.807, 2.05) is 0 Å². The van der Waals surface area contributed by atoms with Gasteiger partial charge in [-0.15, -0.1) is 0 Å². The van der Waals surface area contributed by atoms with Gasteiger partial charge >= 0.3 is 6.18 Å². The van der Waals surface area contributed by atoms with E-state index >= 15 is 0 Å². The van der Waals surface area contributed by atoms with Crippen LogP contribution in [-0.2, 0) is 6.18 Å². The zero-order valence-corrected chi connectivity index (χ0v) is 15.5. The Kier molecular flexibility index (Phi) is 5.29. The van der Waals surface area contributed by atoms with Gasteiger partial charge in [0.2, 0.25) is 0 Å². The van der Waals surface area contributed by atoms with Crippen LogP contribution in [0.2, 0.25) is 5.02 Å². The lowest BCUT2D eigenvalue weighted by Crippen LogP contribution is -2.15. The zero-order chi connectivity index (χ0) is 21.3. The maximum Gasteiger partial charge on any atom is 0.433 e. The number of hydrogen-bond donors (Lipinski definition) is 1. The van der Waals surface area contributed by atoms with Crippen LogP contribution >= 0.6 is 11.6 Å². The van der Waals surface area contributed by atoms with Crippen LogP contribution in [0.4, 0.5) is 24.5 Å². The fourth-order valence-corrected chi connectivity index (χ4v) is 2.74. The molecule has 0 saturated carbocycles. The minimum Gasteiger partial charge on any atom is -0.322 e. The van der Waals surface area contributed by atoms with Crippen LogP contribution in [0, 0.1) is 17.0 Å². The van der Waals surface area contributed by atoms with Crippen molar-refractivity contribution >= 4 is 28.9 Å². The van der Waals surface area contributed by atoms with E-state index in [-0.39, 0.29) is 22.6 Å². The van der Waals surface area contributed by atoms with Gasteiger partial charge in [-0.2, -0.15) is 18.3 Å². The molecule has 0 bridgehead atoms. The third-order valence-electron chi connectivity index (χ3n) is 3.89. The van der Waals surface area contributed by atoms with Crippen LogP contribution < -0.4 is 5.32 Å². The number of halogens is 4. The summed E-state index contributed by atoms with van der Waals surface area (Å²) < 4.78 is 40.2. The van der Waals surface area contributed by atoms with E-state index < -0.39 is 28.4 Å². The van der Waals surface area contributed by atoms with E-state index in [1.54, 1.807) is 0 Å². The van der Waals surface area contributed by atoms with Crippen LogP contribution in [0.1, 0.15) is 21.7 Å². The van der Waals surface area contributed by atoms with Gasteiger partial charge in [0.05, 0.1) is 10.6 Å². The minimum absolute atomic E-state index is 0.0397. The Morgan fingerprint density at radius 3 is 2.41 bits per heavy atom. The molecule has 1 aromatic heterocycles. The number of nitrogens with zero attached hydrogens (tertiary/aromatic N) is 3. The van der Waals surface area contributed by atoms with Crippen molar-refractivity contribution < 1.29 is 22.9 Å². The van der Waals surface area contributed by atoms with Crippen LogP contribution in [0.25, 0.3) is 5.69 Å². The highest BCUT2D eigenvalue weighted by atomic mass is 35.5. The fourth-order valence-electron chi connectivity index (χ4n) is 2.62. The number of anilines is 1. The molecule has 0 radical (unpaired) electrons. The largest absolute Gasteiger partial charge is 0.433 e. The first kappa shape index (κ1) is 20.3. The molecule has 29 heavy (non-hydrogen) atoms. The van der Waals surface area contributed by atoms with Gasteiger partial charge in [0, 0.05) is 22.3 Å². The summed E-state index contributed by atoms with van der Waals surface area (Å²) in [6, 6.07) is 10.0. The molecule has 0 unspecified atom stereocenters. The van der Waals surface area contributed by atoms with Gasteiger partial charge < -0.3 is 5.32 Å². The number of benzene rings is 2. The van der Waals surface area contributed by atoms with E-state index in [1.165, 1.54) is 37.3 Å². The van der Waals surface area contributed by atoms with Crippen molar-refractivity contribution in [1.29, 1.82) is 0 Å². The molecule has 0 saturated heterocycles. The van der Waals surface area contributed by atoms with Gasteiger partial charge in [0.15, 0.2) is 0 Å². The second kappa shape index (κ2) is 7.55. The number of rotatable bonds is 4. The van der Waals surface area contributed by atoms with Crippen molar-refractivity contribution in [3.8, 4) is 5.69 Å². The standard InChI is InChI=1S/C18H12ClF3N4O3/c1-10-8-16(18(20,21)22)25(24-10)14-7-6-13(9-15(14)26(28)29)23-17(27)11-2-4-12(19)5-3-11/h2-9H,1H3,(H,23,27). The number of carbonyl (C=O) groups excluding carboxylic acids is 1. The second-order valence-corrected chi connectivity index (χ2v) is 6.44. The molecule has 11 heteroatoms. The third-order valence-corrected chi connectivity index (χ3v) is 4.14. The van der Waals surface area contributed by atoms with Crippen LogP contribution in [-0.4, -0.2) is 20.6 Å². The van der Waals surface area contributed by atoms with E-state index in [0.717, 1.165) is 18.2 Å². The molecule has 3 rings (SSSR count). The first-order valence-electron chi connectivity index (χ1n) is 8.06. The zero-order valence-electron chi connectivity index (χ0n) is 14.7. The third kappa shape index (κ3) is 4.37. The van der Waals surface area contributed by atoms with Gasteiger partial charge in [-0.3, -0.25) is 14.9 Å². The van der Waals surface area contributed by atoms with Gasteiger partial charge in [-0.05, 0) is 49.4 Å². The molecule has 2 aromatic carbocycles. The van der Waals surface area contributed by atoms with Crippen LogP contribution in [0.5, 0.6) is 0 Å². The molecule has 7 nitrogen and oxygen atoms in total. The monoisotopic (exact) mass is 424 g/mol. The molecular weight excluding hydrogens is 413 g/mol. The Bertz CT molecular complexity index is 1090. The van der Waals surface area contributed by atoms with Crippen molar-refractivity contribution in [2.75, 3.05) is 5.32 Å². The Labute approximate surface area is 166 Å². The lowest BCUT2D eigenvalue weighted by Gasteiger charge is -2.12. The number of hydrogen-bond acceptors (Lipinski definition) is 4. The molecule has 3 aromatic rings. The highest BCUT2D eigenvalue weighted by Gasteiger charge is 2.37. The fraction of sp³-hybridized carbons (Fsp3) is 0.111. The maximum absolute atomic E-state index is 13.3. The number of amides is 1. The highest BCUT2D eigenvalue weighted by Crippen LogP contribution is 2.35. The summed E-state index contributed by atoms with van der Waals surface area (Å²) in [6.07, 6.45) is -4.75. The SMILES string of the molecule is Cc1cc(C(F)(F)F)n(-c2ccc(NC(=O)c3ccc(Cl)cc3)cc2[N+](=O)[O-])n1. The van der Waals surface area contributed by atoms with Gasteiger partial charge in [0.25, 0.3) is 11.6 Å². The van der Waals surface area contributed by atoms with Gasteiger partial charge in [0.1, 0.15) is 11.4 Å². The molecule has 0 aliphatic heterocycles. The molecule has 1 heterocycles. The summed E-state index contributed by atoms with van der Waals surface area (Å²) in [7, 11) is 0. The van der Waals surface area contributed by atoms with Crippen molar-refractivity contribution in [3.63, 3.8) is 0 Å². The normalized spacial score (nSPS) is 11.3. The number of aryl methyl sites for hydroxylation is 1. The van der Waals surface area contributed by atoms with E-state index in [4.69, 9.17) is 11.6 Å². The van der Waals surface area contributed by atoms with Crippen molar-refractivity contribution in [2.45, 2.75) is 13.1 Å². The first-order valence-corrected chi connectivity index (χ1v) is 8.43. The molecule has 1 N–H and O–H groups in total. The molecular formula is C18H12ClF3N4O3. The van der Waals surface area contributed by atoms with Crippen molar-refractivity contribution in [1.82, 2.24) is 9.78 Å². The van der Waals surface area contributed by atoms with E-state index in [9.17, 15) is 28.1 Å². The number of nitrogens with one attached hydrogen (secondary N) is 1. The van der Waals surface area contributed by atoms with Crippen molar-refractivity contribution in [3.05, 3.63) is 80.6 Å². The smallest absolute Gasteiger partial charge is 0.322 e. The number of nitro groups is 1. The molecule has 0 aliphatic rings. The Morgan fingerprint density at radius 1 is 1.17 bits per heavy atom. The molecule has 150 valence electrons. The summed E-state index contributed by atoms with van der Waals surface area (Å²) in [6.45, 7) is 1.35. The summed E-state index contributed by atoms with van der Waals surface area (Å²) in [5, 5.41) is 18.1. The first-order chi connectivity index (χ1) is 13.6. The Morgan fingerprint density at radius 2 is 1.83 bits per heavy atom. The number of nitro benzene ring substituents is 1. The number of carbonyl (C=O) groups is 1. The maximum atomic E-state index is 13.3. The summed E-state index contributed by atoms with van der Waals surface area (Å²) in [5.74, 6) is -0.561. The summed E-state index contributed by atoms with van der Waals surface area (Å²) in [4.78, 5) is 22.9. The van der Waals surface area contributed by atoms with Crippen LogP contribution in [0.3, 0.4) is 0 Å². The average Bonchev–Trinajstić information content (AvgIpc) is 3.04. The Hall–Kier alpha value is -3.40. The molecule has 1 amide bonds. The van der Waals surface area contributed by atoms with Crippen LogP contribution in [0.15, 0.2) is 48.5 Å². The quantitative estimate of drug-likeness (QED) is 0.470. The van der Waals surface area contributed by atoms with E-state index in [2.05, 4.69) is 10.4 Å².